The largest absolute Gasteiger partial charge is 0.333 e. The van der Waals surface area contributed by atoms with Gasteiger partial charge in [0.2, 0.25) is 0 Å². The molecule has 2 unspecified atom stereocenters. The van der Waals surface area contributed by atoms with Gasteiger partial charge in [-0.3, -0.25) is 4.79 Å². The van der Waals surface area contributed by atoms with E-state index < -0.39 is 0 Å². The van der Waals surface area contributed by atoms with Crippen LogP contribution in [0.5, 0.6) is 0 Å². The van der Waals surface area contributed by atoms with Crippen LogP contribution >= 0.6 is 43.2 Å². The van der Waals surface area contributed by atoms with E-state index in [0.717, 1.165) is 39.1 Å². The molecular formula is C13H18Br2N2OS. The summed E-state index contributed by atoms with van der Waals surface area (Å²) in [5.41, 5.74) is 0.770. The monoisotopic (exact) mass is 408 g/mol. The summed E-state index contributed by atoms with van der Waals surface area (Å²) in [7, 11) is 0. The molecule has 1 saturated heterocycles. The molecule has 1 aromatic heterocycles. The molecule has 3 nitrogen and oxygen atoms in total. The second-order valence-corrected chi connectivity index (χ2v) is 8.52. The maximum absolute atomic E-state index is 12.7. The Hall–Kier alpha value is 0.0900. The van der Waals surface area contributed by atoms with Crippen LogP contribution in [0.3, 0.4) is 0 Å². The fourth-order valence-corrected chi connectivity index (χ4v) is 5.17. The van der Waals surface area contributed by atoms with E-state index in [9.17, 15) is 4.79 Å². The van der Waals surface area contributed by atoms with E-state index in [-0.39, 0.29) is 5.91 Å². The second-order valence-electron chi connectivity index (χ2n) is 4.77. The lowest BCUT2D eigenvalue weighted by atomic mass is 10.0. The number of nitrogens with one attached hydrogen (secondary N) is 1. The minimum atomic E-state index is 0.139. The number of rotatable bonds is 3. The topological polar surface area (TPSA) is 32.3 Å². The van der Waals surface area contributed by atoms with Crippen LogP contribution in [0.1, 0.15) is 37.0 Å². The van der Waals surface area contributed by atoms with Gasteiger partial charge in [-0.2, -0.15) is 0 Å². The Morgan fingerprint density at radius 3 is 2.74 bits per heavy atom. The van der Waals surface area contributed by atoms with Gasteiger partial charge in [0.25, 0.3) is 5.91 Å². The van der Waals surface area contributed by atoms with Crippen LogP contribution in [0.4, 0.5) is 0 Å². The van der Waals surface area contributed by atoms with Crippen LogP contribution in [-0.4, -0.2) is 36.0 Å². The molecule has 2 rings (SSSR count). The first kappa shape index (κ1) is 15.5. The number of amides is 1. The van der Waals surface area contributed by atoms with Crippen molar-refractivity contribution < 1.29 is 4.79 Å². The molecule has 1 amide bonds. The minimum Gasteiger partial charge on any atom is -0.333 e. The highest BCUT2D eigenvalue weighted by atomic mass is 79.9. The zero-order chi connectivity index (χ0) is 14.0. The van der Waals surface area contributed by atoms with Gasteiger partial charge in [-0.1, -0.05) is 13.8 Å². The first-order chi connectivity index (χ1) is 9.06. The summed E-state index contributed by atoms with van der Waals surface area (Å²) in [4.78, 5) is 14.8. The van der Waals surface area contributed by atoms with Gasteiger partial charge in [0.1, 0.15) is 0 Å². The molecule has 0 aliphatic carbocycles. The van der Waals surface area contributed by atoms with Crippen LogP contribution in [0.15, 0.2) is 13.6 Å². The molecule has 0 radical (unpaired) electrons. The highest BCUT2D eigenvalue weighted by Gasteiger charge is 2.31. The van der Waals surface area contributed by atoms with Crippen molar-refractivity contribution in [1.82, 2.24) is 10.2 Å². The lowest BCUT2D eigenvalue weighted by Gasteiger charge is -2.40. The van der Waals surface area contributed by atoms with E-state index in [0.29, 0.717) is 12.1 Å². The van der Waals surface area contributed by atoms with Crippen molar-refractivity contribution >= 4 is 49.1 Å². The van der Waals surface area contributed by atoms with Gasteiger partial charge in [-0.15, -0.1) is 11.3 Å². The van der Waals surface area contributed by atoms with Gasteiger partial charge in [0.15, 0.2) is 0 Å². The molecule has 19 heavy (non-hydrogen) atoms. The van der Waals surface area contributed by atoms with E-state index in [4.69, 9.17) is 0 Å². The van der Waals surface area contributed by atoms with Gasteiger partial charge in [-0.05, 0) is 50.8 Å². The Bertz CT molecular complexity index is 463. The lowest BCUT2D eigenvalue weighted by Crippen LogP contribution is -2.57. The molecule has 6 heteroatoms. The maximum atomic E-state index is 12.7. The highest BCUT2D eigenvalue weighted by molar-refractivity contribution is 9.12. The fourth-order valence-electron chi connectivity index (χ4n) is 2.39. The van der Waals surface area contributed by atoms with Crippen LogP contribution < -0.4 is 5.32 Å². The van der Waals surface area contributed by atoms with E-state index in [1.165, 1.54) is 0 Å². The number of thiophene rings is 1. The molecule has 1 aliphatic heterocycles. The summed E-state index contributed by atoms with van der Waals surface area (Å²) >= 11 is 8.47. The molecular weight excluding hydrogens is 392 g/mol. The third-order valence-electron chi connectivity index (χ3n) is 3.61. The number of piperazine rings is 1. The van der Waals surface area contributed by atoms with Gasteiger partial charge >= 0.3 is 0 Å². The van der Waals surface area contributed by atoms with E-state index in [1.54, 1.807) is 11.3 Å². The van der Waals surface area contributed by atoms with Crippen molar-refractivity contribution in [2.45, 2.75) is 38.8 Å². The maximum Gasteiger partial charge on any atom is 0.256 e. The quantitative estimate of drug-likeness (QED) is 0.821. The number of carbonyl (C=O) groups is 1. The van der Waals surface area contributed by atoms with Gasteiger partial charge < -0.3 is 10.2 Å². The number of carbonyl (C=O) groups excluding carboxylic acids is 1. The van der Waals surface area contributed by atoms with E-state index in [2.05, 4.69) is 51.0 Å². The fraction of sp³-hybridized carbons (Fsp3) is 0.615. The molecule has 0 bridgehead atoms. The summed E-state index contributed by atoms with van der Waals surface area (Å²) in [5, 5.41) is 3.51. The Morgan fingerprint density at radius 2 is 2.21 bits per heavy atom. The molecule has 106 valence electrons. The lowest BCUT2D eigenvalue weighted by molar-refractivity contribution is 0.0575. The van der Waals surface area contributed by atoms with E-state index in [1.807, 2.05) is 11.0 Å². The van der Waals surface area contributed by atoms with Crippen molar-refractivity contribution in [3.8, 4) is 0 Å². The first-order valence-corrected chi connectivity index (χ1v) is 8.96. The Kier molecular flexibility index (Phi) is 5.45. The number of halogens is 2. The third kappa shape index (κ3) is 3.40. The van der Waals surface area contributed by atoms with Crippen molar-refractivity contribution in [3.63, 3.8) is 0 Å². The van der Waals surface area contributed by atoms with Crippen LogP contribution in [-0.2, 0) is 0 Å². The summed E-state index contributed by atoms with van der Waals surface area (Å²) in [6.07, 6.45) is 2.03. The summed E-state index contributed by atoms with van der Waals surface area (Å²) in [5.74, 6) is 0.139. The van der Waals surface area contributed by atoms with Crippen molar-refractivity contribution in [1.29, 1.82) is 0 Å². The Morgan fingerprint density at radius 1 is 1.47 bits per heavy atom. The van der Waals surface area contributed by atoms with Crippen molar-refractivity contribution in [2.24, 2.45) is 0 Å². The standard InChI is InChI=1S/C13H18Br2N2OS/c1-3-8-7-17(9(4-2)6-16-8)13(18)10-5-11(14)19-12(10)15/h5,8-9,16H,3-4,6-7H2,1-2H3. The molecule has 0 aromatic carbocycles. The van der Waals surface area contributed by atoms with Crippen molar-refractivity contribution in [3.05, 3.63) is 19.2 Å². The first-order valence-electron chi connectivity index (χ1n) is 6.56. The second kappa shape index (κ2) is 6.70. The average Bonchev–Trinajstić information content (AvgIpc) is 2.76. The predicted molar refractivity (Wildman–Crippen MR) is 86.9 cm³/mol. The highest BCUT2D eigenvalue weighted by Crippen LogP contribution is 2.33. The minimum absolute atomic E-state index is 0.139. The smallest absolute Gasteiger partial charge is 0.256 e. The summed E-state index contributed by atoms with van der Waals surface area (Å²) < 4.78 is 1.89. The summed E-state index contributed by atoms with van der Waals surface area (Å²) in [6.45, 7) is 5.98. The van der Waals surface area contributed by atoms with Crippen LogP contribution in [0.25, 0.3) is 0 Å². The average molecular weight is 410 g/mol. The Balaban J connectivity index is 2.21. The zero-order valence-corrected chi connectivity index (χ0v) is 15.1. The van der Waals surface area contributed by atoms with Crippen LogP contribution in [0.2, 0.25) is 0 Å². The molecule has 1 N–H and O–H groups in total. The molecule has 2 heterocycles. The normalized spacial score (nSPS) is 23.7. The van der Waals surface area contributed by atoms with Crippen molar-refractivity contribution in [2.75, 3.05) is 13.1 Å². The zero-order valence-electron chi connectivity index (χ0n) is 11.1. The molecule has 0 spiro atoms. The van der Waals surface area contributed by atoms with E-state index >= 15 is 0 Å². The summed E-state index contributed by atoms with van der Waals surface area (Å²) in [6, 6.07) is 2.61. The third-order valence-corrected chi connectivity index (χ3v) is 5.95. The number of nitrogens with zero attached hydrogens (tertiary/aromatic N) is 1. The molecule has 0 saturated carbocycles. The number of hydrogen-bond acceptors (Lipinski definition) is 3. The SMILES string of the molecule is CCC1CN(C(=O)c2cc(Br)sc2Br)C(CC)CN1. The number of hydrogen-bond donors (Lipinski definition) is 1. The van der Waals surface area contributed by atoms with Crippen LogP contribution in [0, 0.1) is 0 Å². The molecule has 1 aliphatic rings. The molecule has 2 atom stereocenters. The Labute approximate surface area is 135 Å². The van der Waals surface area contributed by atoms with Gasteiger partial charge in [-0.25, -0.2) is 0 Å². The molecule has 1 fully saturated rings. The predicted octanol–water partition coefficient (Wildman–Crippen LogP) is 3.88. The van der Waals surface area contributed by atoms with Gasteiger partial charge in [0.05, 0.1) is 13.1 Å². The molecule has 1 aromatic rings. The van der Waals surface area contributed by atoms with Gasteiger partial charge in [0, 0.05) is 25.2 Å².